The second kappa shape index (κ2) is 2.74. The number of ether oxygens (including phenoxy) is 1. The van der Waals surface area contributed by atoms with Crippen LogP contribution < -0.4 is 11.1 Å². The number of carboxylic acids is 1. The van der Waals surface area contributed by atoms with E-state index in [2.05, 4.69) is 10.3 Å². The fraction of sp³-hybridized carbons (Fsp3) is 0.429. The molecule has 0 aromatic heterocycles. The SMILES string of the molecule is NC1=NC2=C(COC2)NC1C(=O)O. The van der Waals surface area contributed by atoms with Crippen LogP contribution in [0.4, 0.5) is 0 Å². The van der Waals surface area contributed by atoms with Crippen molar-refractivity contribution >= 4 is 11.8 Å². The minimum absolute atomic E-state index is 0.0803. The first-order chi connectivity index (χ1) is 6.18. The molecule has 6 heteroatoms. The molecule has 2 rings (SSSR count). The van der Waals surface area contributed by atoms with E-state index in [1.54, 1.807) is 0 Å². The Labute approximate surface area is 74.1 Å². The van der Waals surface area contributed by atoms with Crippen molar-refractivity contribution in [2.45, 2.75) is 6.04 Å². The highest BCUT2D eigenvalue weighted by molar-refractivity contribution is 6.04. The molecule has 1 unspecified atom stereocenters. The van der Waals surface area contributed by atoms with E-state index in [1.165, 1.54) is 0 Å². The number of aliphatic carboxylic acids is 1. The summed E-state index contributed by atoms with van der Waals surface area (Å²) in [5.74, 6) is -0.948. The van der Waals surface area contributed by atoms with E-state index >= 15 is 0 Å². The summed E-state index contributed by atoms with van der Waals surface area (Å²) in [5, 5.41) is 11.5. The number of nitrogens with zero attached hydrogens (tertiary/aromatic N) is 1. The van der Waals surface area contributed by atoms with E-state index in [9.17, 15) is 4.79 Å². The first-order valence-electron chi connectivity index (χ1n) is 3.81. The van der Waals surface area contributed by atoms with Gasteiger partial charge in [-0.2, -0.15) is 0 Å². The van der Waals surface area contributed by atoms with Gasteiger partial charge in [0.05, 0.1) is 24.6 Å². The summed E-state index contributed by atoms with van der Waals surface area (Å²) in [6, 6.07) is -0.916. The zero-order valence-electron chi connectivity index (χ0n) is 6.78. The molecule has 0 fully saturated rings. The number of aliphatic imine (C=N–C) groups is 1. The number of amidine groups is 1. The number of rotatable bonds is 1. The molecule has 0 aliphatic carbocycles. The average molecular weight is 183 g/mol. The molecule has 2 heterocycles. The Bertz CT molecular complexity index is 321. The van der Waals surface area contributed by atoms with Gasteiger partial charge >= 0.3 is 5.97 Å². The van der Waals surface area contributed by atoms with Gasteiger partial charge in [-0.1, -0.05) is 0 Å². The van der Waals surface area contributed by atoms with E-state index in [-0.39, 0.29) is 5.84 Å². The standard InChI is InChI=1S/C7H9N3O3/c8-6-5(7(11)12)9-3-1-13-2-4(3)10-6/h5,9H,1-2H2,(H2,8,10)(H,11,12). The molecule has 0 bridgehead atoms. The van der Waals surface area contributed by atoms with Crippen LogP contribution >= 0.6 is 0 Å². The van der Waals surface area contributed by atoms with Crippen LogP contribution in [-0.2, 0) is 9.53 Å². The number of hydrogen-bond donors (Lipinski definition) is 3. The molecule has 13 heavy (non-hydrogen) atoms. The van der Waals surface area contributed by atoms with Crippen LogP contribution in [0.15, 0.2) is 16.4 Å². The van der Waals surface area contributed by atoms with Crippen LogP contribution in [-0.4, -0.2) is 36.2 Å². The highest BCUT2D eigenvalue weighted by atomic mass is 16.5. The quantitative estimate of drug-likeness (QED) is 0.466. The van der Waals surface area contributed by atoms with Gasteiger partial charge in [0.1, 0.15) is 5.84 Å². The van der Waals surface area contributed by atoms with Gasteiger partial charge in [-0.05, 0) is 0 Å². The highest BCUT2D eigenvalue weighted by Gasteiger charge is 2.30. The lowest BCUT2D eigenvalue weighted by molar-refractivity contribution is -0.137. The van der Waals surface area contributed by atoms with Gasteiger partial charge < -0.3 is 20.9 Å². The van der Waals surface area contributed by atoms with Crippen molar-refractivity contribution in [3.8, 4) is 0 Å². The summed E-state index contributed by atoms with van der Waals surface area (Å²) >= 11 is 0. The Morgan fingerprint density at radius 2 is 2.46 bits per heavy atom. The summed E-state index contributed by atoms with van der Waals surface area (Å²) in [6.07, 6.45) is 0. The van der Waals surface area contributed by atoms with E-state index in [0.29, 0.717) is 18.9 Å². The number of carboxylic acid groups (broad SMARTS) is 1. The molecule has 0 saturated carbocycles. The summed E-state index contributed by atoms with van der Waals surface area (Å²) in [5.41, 5.74) is 6.88. The highest BCUT2D eigenvalue weighted by Crippen LogP contribution is 2.17. The number of hydrogen-bond acceptors (Lipinski definition) is 5. The molecule has 0 radical (unpaired) electrons. The minimum atomic E-state index is -1.03. The molecule has 1 atom stereocenters. The van der Waals surface area contributed by atoms with Crippen LogP contribution in [0.25, 0.3) is 0 Å². The van der Waals surface area contributed by atoms with Crippen molar-refractivity contribution in [2.24, 2.45) is 10.7 Å². The molecule has 0 aromatic carbocycles. The summed E-state index contributed by atoms with van der Waals surface area (Å²) in [4.78, 5) is 14.6. The topological polar surface area (TPSA) is 96.9 Å². The van der Waals surface area contributed by atoms with Crippen molar-refractivity contribution in [1.29, 1.82) is 0 Å². The monoisotopic (exact) mass is 183 g/mol. The first-order valence-corrected chi connectivity index (χ1v) is 3.81. The Kier molecular flexibility index (Phi) is 1.70. The summed E-state index contributed by atoms with van der Waals surface area (Å²) < 4.78 is 5.08. The van der Waals surface area contributed by atoms with Crippen molar-refractivity contribution in [2.75, 3.05) is 13.2 Å². The van der Waals surface area contributed by atoms with Gasteiger partial charge in [0.25, 0.3) is 0 Å². The van der Waals surface area contributed by atoms with Crippen LogP contribution in [0.1, 0.15) is 0 Å². The Morgan fingerprint density at radius 1 is 1.69 bits per heavy atom. The predicted molar refractivity (Wildman–Crippen MR) is 44.0 cm³/mol. The van der Waals surface area contributed by atoms with Crippen LogP contribution in [0, 0.1) is 0 Å². The molecule has 70 valence electrons. The van der Waals surface area contributed by atoms with Gasteiger partial charge in [0, 0.05) is 0 Å². The van der Waals surface area contributed by atoms with Crippen molar-refractivity contribution in [1.82, 2.24) is 5.32 Å². The van der Waals surface area contributed by atoms with Gasteiger partial charge in [-0.15, -0.1) is 0 Å². The third-order valence-corrected chi connectivity index (χ3v) is 1.96. The molecule has 2 aliphatic rings. The lowest BCUT2D eigenvalue weighted by atomic mass is 10.2. The van der Waals surface area contributed by atoms with Crippen LogP contribution in [0.3, 0.4) is 0 Å². The average Bonchev–Trinajstić information content (AvgIpc) is 2.48. The van der Waals surface area contributed by atoms with Gasteiger partial charge in [-0.3, -0.25) is 0 Å². The van der Waals surface area contributed by atoms with Crippen LogP contribution in [0.2, 0.25) is 0 Å². The molecule has 6 nitrogen and oxygen atoms in total. The largest absolute Gasteiger partial charge is 0.479 e. The van der Waals surface area contributed by atoms with Gasteiger partial charge in [0.2, 0.25) is 0 Å². The third kappa shape index (κ3) is 1.25. The van der Waals surface area contributed by atoms with Gasteiger partial charge in [0.15, 0.2) is 6.04 Å². The van der Waals surface area contributed by atoms with E-state index < -0.39 is 12.0 Å². The number of nitrogens with two attached hydrogens (primary N) is 1. The van der Waals surface area contributed by atoms with E-state index in [0.717, 1.165) is 5.70 Å². The van der Waals surface area contributed by atoms with Crippen molar-refractivity contribution < 1.29 is 14.6 Å². The molecule has 0 amide bonds. The summed E-state index contributed by atoms with van der Waals surface area (Å²) in [7, 11) is 0. The first kappa shape index (κ1) is 8.06. The van der Waals surface area contributed by atoms with Crippen LogP contribution in [0.5, 0.6) is 0 Å². The zero-order chi connectivity index (χ0) is 9.42. The number of carbonyl (C=O) groups is 1. The normalized spacial score (nSPS) is 26.5. The zero-order valence-corrected chi connectivity index (χ0v) is 6.78. The van der Waals surface area contributed by atoms with E-state index in [4.69, 9.17) is 15.6 Å². The molecule has 0 saturated heterocycles. The fourth-order valence-corrected chi connectivity index (χ4v) is 1.30. The lowest BCUT2D eigenvalue weighted by Crippen LogP contribution is -2.49. The molecule has 0 aromatic rings. The molecule has 0 spiro atoms. The predicted octanol–water partition coefficient (Wildman–Crippen LogP) is -1.36. The molecular weight excluding hydrogens is 174 g/mol. The van der Waals surface area contributed by atoms with Crippen molar-refractivity contribution in [3.63, 3.8) is 0 Å². The second-order valence-electron chi connectivity index (χ2n) is 2.87. The Morgan fingerprint density at radius 3 is 3.15 bits per heavy atom. The fourth-order valence-electron chi connectivity index (χ4n) is 1.30. The Balaban J connectivity index is 2.26. The smallest absolute Gasteiger partial charge is 0.334 e. The third-order valence-electron chi connectivity index (χ3n) is 1.96. The van der Waals surface area contributed by atoms with E-state index in [1.807, 2.05) is 0 Å². The minimum Gasteiger partial charge on any atom is -0.479 e. The molecule has 2 aliphatic heterocycles. The van der Waals surface area contributed by atoms with Gasteiger partial charge in [-0.25, -0.2) is 9.79 Å². The maximum atomic E-state index is 10.7. The number of nitrogens with one attached hydrogen (secondary N) is 1. The lowest BCUT2D eigenvalue weighted by Gasteiger charge is -2.19. The summed E-state index contributed by atoms with van der Waals surface area (Å²) in [6.45, 7) is 0.783. The maximum Gasteiger partial charge on any atom is 0.334 e. The Hall–Kier alpha value is -1.56. The molecular formula is C7H9N3O3. The maximum absolute atomic E-state index is 10.7. The van der Waals surface area contributed by atoms with Crippen molar-refractivity contribution in [3.05, 3.63) is 11.4 Å². The second-order valence-corrected chi connectivity index (χ2v) is 2.87. The molecule has 4 N–H and O–H groups in total.